The van der Waals surface area contributed by atoms with Crippen molar-refractivity contribution < 1.29 is 13.2 Å². The van der Waals surface area contributed by atoms with Gasteiger partial charge in [-0.2, -0.15) is 0 Å². The normalized spacial score (nSPS) is 20.2. The standard InChI is InChI=1S/C12H16ClNO3S/c13-12-6-2-1-4-10(12)9-18(15,16)14-8-11-5-3-7-17-11/h1-2,4,6,11,14H,3,5,7-9H2/t11-/m1/s1. The van der Waals surface area contributed by atoms with Crippen molar-refractivity contribution >= 4 is 21.6 Å². The van der Waals surface area contributed by atoms with Crippen LogP contribution in [0.25, 0.3) is 0 Å². The van der Waals surface area contributed by atoms with Crippen molar-refractivity contribution in [3.8, 4) is 0 Å². The van der Waals surface area contributed by atoms with E-state index in [2.05, 4.69) is 4.72 Å². The Morgan fingerprint density at radius 1 is 1.39 bits per heavy atom. The molecule has 0 saturated carbocycles. The highest BCUT2D eigenvalue weighted by Crippen LogP contribution is 2.17. The molecule has 1 aromatic carbocycles. The van der Waals surface area contributed by atoms with Gasteiger partial charge >= 0.3 is 0 Å². The molecule has 1 atom stereocenters. The largest absolute Gasteiger partial charge is 0.377 e. The number of hydrogen-bond acceptors (Lipinski definition) is 3. The maximum atomic E-state index is 11.9. The lowest BCUT2D eigenvalue weighted by atomic mass is 10.2. The summed E-state index contributed by atoms with van der Waals surface area (Å²) < 4.78 is 31.7. The maximum absolute atomic E-state index is 11.9. The Balaban J connectivity index is 1.92. The molecule has 1 fully saturated rings. The Labute approximate surface area is 112 Å². The summed E-state index contributed by atoms with van der Waals surface area (Å²) in [7, 11) is -3.36. The molecule has 0 bridgehead atoms. The Hall–Kier alpha value is -0.620. The molecule has 1 saturated heterocycles. The highest BCUT2D eigenvalue weighted by molar-refractivity contribution is 7.88. The number of halogens is 1. The van der Waals surface area contributed by atoms with E-state index >= 15 is 0 Å². The van der Waals surface area contributed by atoms with Crippen LogP contribution in [0.1, 0.15) is 18.4 Å². The molecule has 6 heteroatoms. The van der Waals surface area contributed by atoms with Gasteiger partial charge in [-0.25, -0.2) is 13.1 Å². The van der Waals surface area contributed by atoms with Crippen molar-refractivity contribution in [3.05, 3.63) is 34.9 Å². The topological polar surface area (TPSA) is 55.4 Å². The van der Waals surface area contributed by atoms with Gasteiger partial charge in [0.2, 0.25) is 10.0 Å². The third-order valence-electron chi connectivity index (χ3n) is 2.86. The summed E-state index contributed by atoms with van der Waals surface area (Å²) in [5.74, 6) is -0.0978. The number of nitrogens with one attached hydrogen (secondary N) is 1. The van der Waals surface area contributed by atoms with Crippen LogP contribution in [0.5, 0.6) is 0 Å². The molecule has 0 radical (unpaired) electrons. The molecule has 0 spiro atoms. The smallest absolute Gasteiger partial charge is 0.215 e. The summed E-state index contributed by atoms with van der Waals surface area (Å²) in [5, 5.41) is 0.472. The van der Waals surface area contributed by atoms with Gasteiger partial charge in [0, 0.05) is 18.2 Å². The van der Waals surface area contributed by atoms with Crippen molar-refractivity contribution in [3.63, 3.8) is 0 Å². The van der Waals surface area contributed by atoms with Crippen molar-refractivity contribution in [2.45, 2.75) is 24.7 Å². The zero-order valence-corrected chi connectivity index (χ0v) is 11.5. The Kier molecular flexibility index (Phi) is 4.61. The van der Waals surface area contributed by atoms with Crippen molar-refractivity contribution in [1.82, 2.24) is 4.72 Å². The van der Waals surface area contributed by atoms with E-state index in [0.29, 0.717) is 17.1 Å². The van der Waals surface area contributed by atoms with Gasteiger partial charge in [0.1, 0.15) is 0 Å². The molecular weight excluding hydrogens is 274 g/mol. The molecule has 1 heterocycles. The van der Waals surface area contributed by atoms with Crippen LogP contribution in [0, 0.1) is 0 Å². The van der Waals surface area contributed by atoms with Crippen LogP contribution in [0.3, 0.4) is 0 Å². The van der Waals surface area contributed by atoms with Crippen LogP contribution < -0.4 is 4.72 Å². The zero-order valence-electron chi connectivity index (χ0n) is 9.93. The van der Waals surface area contributed by atoms with Crippen LogP contribution in [0.15, 0.2) is 24.3 Å². The monoisotopic (exact) mass is 289 g/mol. The van der Waals surface area contributed by atoms with Crippen LogP contribution in [0.4, 0.5) is 0 Å². The summed E-state index contributed by atoms with van der Waals surface area (Å²) in [6.07, 6.45) is 1.91. The van der Waals surface area contributed by atoms with Gasteiger partial charge < -0.3 is 4.74 Å². The fourth-order valence-corrected chi connectivity index (χ4v) is 3.38. The van der Waals surface area contributed by atoms with Gasteiger partial charge in [-0.1, -0.05) is 29.8 Å². The Morgan fingerprint density at radius 2 is 2.17 bits per heavy atom. The quantitative estimate of drug-likeness (QED) is 0.901. The van der Waals surface area contributed by atoms with Crippen LogP contribution >= 0.6 is 11.6 Å². The van der Waals surface area contributed by atoms with Gasteiger partial charge in [-0.3, -0.25) is 0 Å². The number of benzene rings is 1. The first-order chi connectivity index (χ1) is 8.57. The molecule has 18 heavy (non-hydrogen) atoms. The van der Waals surface area contributed by atoms with Crippen LogP contribution in [0.2, 0.25) is 5.02 Å². The van der Waals surface area contributed by atoms with Crippen LogP contribution in [-0.4, -0.2) is 27.7 Å². The predicted molar refractivity (Wildman–Crippen MR) is 71.1 cm³/mol. The zero-order chi connectivity index (χ0) is 13.0. The first-order valence-electron chi connectivity index (χ1n) is 5.89. The van der Waals surface area contributed by atoms with E-state index in [4.69, 9.17) is 16.3 Å². The summed E-state index contributed by atoms with van der Waals surface area (Å²) >= 11 is 5.94. The second-order valence-electron chi connectivity index (χ2n) is 4.33. The molecule has 1 aliphatic heterocycles. The first-order valence-corrected chi connectivity index (χ1v) is 7.92. The third-order valence-corrected chi connectivity index (χ3v) is 4.52. The SMILES string of the molecule is O=S(=O)(Cc1ccccc1Cl)NC[C@H]1CCCO1. The summed E-state index contributed by atoms with van der Waals surface area (Å²) in [5.41, 5.74) is 0.610. The van der Waals surface area contributed by atoms with Crippen molar-refractivity contribution in [1.29, 1.82) is 0 Å². The lowest BCUT2D eigenvalue weighted by molar-refractivity contribution is 0.114. The molecule has 1 aliphatic rings. The Bertz CT molecular complexity index is 498. The number of ether oxygens (including phenoxy) is 1. The van der Waals surface area contributed by atoms with Gasteiger partial charge in [0.05, 0.1) is 11.9 Å². The highest BCUT2D eigenvalue weighted by Gasteiger charge is 2.19. The van der Waals surface area contributed by atoms with Gasteiger partial charge in [-0.05, 0) is 24.5 Å². The lowest BCUT2D eigenvalue weighted by Crippen LogP contribution is -2.32. The molecule has 0 aliphatic carbocycles. The van der Waals surface area contributed by atoms with E-state index in [1.807, 2.05) is 0 Å². The maximum Gasteiger partial charge on any atom is 0.215 e. The Morgan fingerprint density at radius 3 is 2.83 bits per heavy atom. The molecule has 4 nitrogen and oxygen atoms in total. The van der Waals surface area contributed by atoms with E-state index < -0.39 is 10.0 Å². The molecule has 0 aromatic heterocycles. The number of hydrogen-bond donors (Lipinski definition) is 1. The predicted octanol–water partition coefficient (Wildman–Crippen LogP) is 1.94. The fraction of sp³-hybridized carbons (Fsp3) is 0.500. The third kappa shape index (κ3) is 3.95. The average molecular weight is 290 g/mol. The van der Waals surface area contributed by atoms with Crippen LogP contribution in [-0.2, 0) is 20.5 Å². The van der Waals surface area contributed by atoms with E-state index in [1.165, 1.54) is 0 Å². The summed E-state index contributed by atoms with van der Waals surface area (Å²) in [6, 6.07) is 6.95. The fourth-order valence-electron chi connectivity index (χ4n) is 1.90. The van der Waals surface area contributed by atoms with E-state index in [1.54, 1.807) is 24.3 Å². The molecular formula is C12H16ClNO3S. The second kappa shape index (κ2) is 6.02. The summed E-state index contributed by atoms with van der Waals surface area (Å²) in [4.78, 5) is 0. The van der Waals surface area contributed by atoms with E-state index in [-0.39, 0.29) is 11.9 Å². The molecule has 0 unspecified atom stereocenters. The van der Waals surface area contributed by atoms with E-state index in [9.17, 15) is 8.42 Å². The van der Waals surface area contributed by atoms with Crippen molar-refractivity contribution in [2.75, 3.05) is 13.2 Å². The first kappa shape index (κ1) is 13.8. The van der Waals surface area contributed by atoms with E-state index in [0.717, 1.165) is 19.4 Å². The average Bonchev–Trinajstić information content (AvgIpc) is 2.83. The van der Waals surface area contributed by atoms with Gasteiger partial charge in [0.25, 0.3) is 0 Å². The lowest BCUT2D eigenvalue weighted by Gasteiger charge is -2.11. The molecule has 1 N–H and O–H groups in total. The molecule has 100 valence electrons. The minimum absolute atomic E-state index is 0.00557. The molecule has 2 rings (SSSR count). The number of rotatable bonds is 5. The van der Waals surface area contributed by atoms with Gasteiger partial charge in [-0.15, -0.1) is 0 Å². The molecule has 1 aromatic rings. The highest BCUT2D eigenvalue weighted by atomic mass is 35.5. The van der Waals surface area contributed by atoms with Crippen molar-refractivity contribution in [2.24, 2.45) is 0 Å². The second-order valence-corrected chi connectivity index (χ2v) is 6.55. The molecule has 0 amide bonds. The van der Waals surface area contributed by atoms with Gasteiger partial charge in [0.15, 0.2) is 0 Å². The number of sulfonamides is 1. The summed E-state index contributed by atoms with van der Waals surface area (Å²) in [6.45, 7) is 1.06. The minimum Gasteiger partial charge on any atom is -0.377 e. The minimum atomic E-state index is -3.36.